The summed E-state index contributed by atoms with van der Waals surface area (Å²) in [6.45, 7) is 3.19. The summed E-state index contributed by atoms with van der Waals surface area (Å²) in [7, 11) is -4.08. The Balaban J connectivity index is 1.34. The largest absolute Gasteiger partial charge is 0.416 e. The minimum absolute atomic E-state index is 0.219. The number of benzene rings is 1. The number of hydrogen-bond donors (Lipinski definition) is 2. The normalized spacial score (nSPS) is 13.7. The van der Waals surface area contributed by atoms with Crippen LogP contribution in [0.15, 0.2) is 72.4 Å². The molecular weight excluding hydrogens is 571 g/mol. The molecular formula is C27H22F3N9O2S. The fourth-order valence-corrected chi connectivity index (χ4v) is 5.80. The Labute approximate surface area is 237 Å². The van der Waals surface area contributed by atoms with Gasteiger partial charge < -0.3 is 9.88 Å². The summed E-state index contributed by atoms with van der Waals surface area (Å²) in [5.41, 5.74) is 2.49. The Kier molecular flexibility index (Phi) is 6.80. The lowest BCUT2D eigenvalue weighted by molar-refractivity contribution is -0.137. The van der Waals surface area contributed by atoms with Crippen LogP contribution in [0.25, 0.3) is 22.5 Å². The van der Waals surface area contributed by atoms with E-state index in [1.165, 1.54) is 12.4 Å². The molecule has 3 aromatic rings. The van der Waals surface area contributed by atoms with Crippen molar-refractivity contribution in [3.8, 4) is 22.5 Å². The lowest BCUT2D eigenvalue weighted by Crippen LogP contribution is -2.18. The van der Waals surface area contributed by atoms with Gasteiger partial charge in [-0.05, 0) is 48.4 Å². The summed E-state index contributed by atoms with van der Waals surface area (Å²) < 4.78 is 69.5. The number of halogens is 3. The number of hydrogen-bond acceptors (Lipinski definition) is 9. The van der Waals surface area contributed by atoms with Gasteiger partial charge in [-0.2, -0.15) is 23.1 Å². The number of anilines is 2. The molecule has 2 aromatic heterocycles. The SMILES string of the molecule is Cc1ccc(NS(=O)(=O)Cc2cc(C(F)(F)F)ccn2)cc1-c1cc2cnc(=Nc3cnccn3)nc-2n2c1NCC2. The minimum Gasteiger partial charge on any atom is -0.369 e. The topological polar surface area (TPSA) is 140 Å². The van der Waals surface area contributed by atoms with E-state index in [0.29, 0.717) is 24.7 Å². The smallest absolute Gasteiger partial charge is 0.369 e. The van der Waals surface area contributed by atoms with Gasteiger partial charge in [0.15, 0.2) is 5.82 Å². The second-order valence-electron chi connectivity index (χ2n) is 9.53. The predicted octanol–water partition coefficient (Wildman–Crippen LogP) is 4.16. The van der Waals surface area contributed by atoms with Crippen molar-refractivity contribution in [1.29, 1.82) is 0 Å². The highest BCUT2D eigenvalue weighted by atomic mass is 32.2. The van der Waals surface area contributed by atoms with Crippen molar-refractivity contribution in [3.05, 3.63) is 89.8 Å². The van der Waals surface area contributed by atoms with Gasteiger partial charge in [0.25, 0.3) is 5.62 Å². The van der Waals surface area contributed by atoms with Gasteiger partial charge in [-0.1, -0.05) is 6.07 Å². The van der Waals surface area contributed by atoms with Crippen LogP contribution in [0, 0.1) is 6.92 Å². The maximum absolute atomic E-state index is 13.1. The molecule has 42 heavy (non-hydrogen) atoms. The number of fused-ring (bicyclic) bond motifs is 3. The van der Waals surface area contributed by atoms with Crippen molar-refractivity contribution in [3.63, 3.8) is 0 Å². The standard InChI is InChI=1S/C27H22F3N9O2S/c1-16-2-3-19(38-42(40,41)15-20-11-18(4-5-32-20)27(28,29)30)12-21(16)22-10-17-13-35-26(36-23-14-31-6-7-33-23)37-24(17)39-9-8-34-25(22)39/h2-7,10-14,34,38H,8-9,15H2,1H3. The Bertz CT molecular complexity index is 1950. The van der Waals surface area contributed by atoms with Crippen LogP contribution in [-0.4, -0.2) is 44.4 Å². The molecule has 0 saturated carbocycles. The Morgan fingerprint density at radius 1 is 1.02 bits per heavy atom. The third-order valence-electron chi connectivity index (χ3n) is 6.54. The third-order valence-corrected chi connectivity index (χ3v) is 7.76. The Morgan fingerprint density at radius 2 is 1.88 bits per heavy atom. The lowest BCUT2D eigenvalue weighted by Gasteiger charge is -2.19. The number of aryl methyl sites for hydroxylation is 1. The molecule has 0 amide bonds. The van der Waals surface area contributed by atoms with Gasteiger partial charge in [-0.3, -0.25) is 14.7 Å². The van der Waals surface area contributed by atoms with E-state index in [1.54, 1.807) is 30.6 Å². The number of sulfonamides is 1. The van der Waals surface area contributed by atoms with Gasteiger partial charge >= 0.3 is 6.18 Å². The Morgan fingerprint density at radius 3 is 2.67 bits per heavy atom. The summed E-state index contributed by atoms with van der Waals surface area (Å²) in [6, 6.07) is 8.50. The number of nitrogens with zero attached hydrogens (tertiary/aromatic N) is 7. The van der Waals surface area contributed by atoms with Crippen molar-refractivity contribution >= 4 is 27.3 Å². The molecule has 15 heteroatoms. The van der Waals surface area contributed by atoms with Crippen molar-refractivity contribution in [2.45, 2.75) is 25.4 Å². The zero-order valence-corrected chi connectivity index (χ0v) is 22.8. The molecule has 11 nitrogen and oxygen atoms in total. The quantitative estimate of drug-likeness (QED) is 0.299. The second-order valence-corrected chi connectivity index (χ2v) is 11.3. The highest BCUT2D eigenvalue weighted by molar-refractivity contribution is 7.91. The molecule has 2 N–H and O–H groups in total. The number of nitrogens with one attached hydrogen (secondary N) is 2. The molecule has 0 spiro atoms. The molecule has 0 radical (unpaired) electrons. The fraction of sp³-hybridized carbons (Fsp3) is 0.185. The highest BCUT2D eigenvalue weighted by Gasteiger charge is 2.31. The molecule has 5 heterocycles. The first kappa shape index (κ1) is 27.3. The average molecular weight is 594 g/mol. The monoisotopic (exact) mass is 593 g/mol. The summed E-state index contributed by atoms with van der Waals surface area (Å²) in [4.78, 5) is 25.3. The zero-order valence-electron chi connectivity index (χ0n) is 22.0. The number of aromatic nitrogens is 6. The summed E-state index contributed by atoms with van der Waals surface area (Å²) in [6.07, 6.45) is 2.59. The van der Waals surface area contributed by atoms with Crippen LogP contribution in [0.5, 0.6) is 0 Å². The van der Waals surface area contributed by atoms with Crippen molar-refractivity contribution in [2.24, 2.45) is 4.99 Å². The molecule has 214 valence electrons. The third kappa shape index (κ3) is 5.63. The van der Waals surface area contributed by atoms with Crippen LogP contribution in [0.1, 0.15) is 16.8 Å². The first-order valence-corrected chi connectivity index (χ1v) is 14.3. The second kappa shape index (κ2) is 10.5. The fourth-order valence-electron chi connectivity index (χ4n) is 4.69. The van der Waals surface area contributed by atoms with Crippen LogP contribution in [-0.2, 0) is 28.5 Å². The van der Waals surface area contributed by atoms with E-state index in [4.69, 9.17) is 0 Å². The maximum Gasteiger partial charge on any atom is 0.416 e. The molecule has 0 saturated heterocycles. The van der Waals surface area contributed by atoms with Crippen LogP contribution >= 0.6 is 0 Å². The first-order chi connectivity index (χ1) is 20.1. The summed E-state index contributed by atoms with van der Waals surface area (Å²) >= 11 is 0. The van der Waals surface area contributed by atoms with Crippen molar-refractivity contribution < 1.29 is 21.6 Å². The molecule has 0 aliphatic carbocycles. The number of alkyl halides is 3. The number of rotatable bonds is 6. The molecule has 1 aromatic carbocycles. The van der Waals surface area contributed by atoms with Crippen molar-refractivity contribution in [2.75, 3.05) is 16.6 Å². The molecule has 0 unspecified atom stereocenters. The summed E-state index contributed by atoms with van der Waals surface area (Å²) in [5, 5.41) is 3.38. The summed E-state index contributed by atoms with van der Waals surface area (Å²) in [5.74, 6) is 1.12. The first-order valence-electron chi connectivity index (χ1n) is 12.6. The molecule has 3 aliphatic rings. The van der Waals surface area contributed by atoms with Gasteiger partial charge in [0.1, 0.15) is 17.4 Å². The van der Waals surface area contributed by atoms with Gasteiger partial charge in [-0.25, -0.2) is 18.4 Å². The van der Waals surface area contributed by atoms with E-state index in [1.807, 2.05) is 17.6 Å². The molecule has 0 bridgehead atoms. The predicted molar refractivity (Wildman–Crippen MR) is 148 cm³/mol. The maximum atomic E-state index is 13.1. The van der Waals surface area contributed by atoms with Crippen LogP contribution in [0.2, 0.25) is 0 Å². The van der Waals surface area contributed by atoms with E-state index in [0.717, 1.165) is 46.4 Å². The van der Waals surface area contributed by atoms with Gasteiger partial charge in [0.2, 0.25) is 10.0 Å². The van der Waals surface area contributed by atoms with Gasteiger partial charge in [0.05, 0.1) is 17.5 Å². The van der Waals surface area contributed by atoms with Crippen LogP contribution in [0.4, 0.5) is 30.5 Å². The highest BCUT2D eigenvalue weighted by Crippen LogP contribution is 2.39. The molecule has 3 aliphatic heterocycles. The van der Waals surface area contributed by atoms with E-state index in [2.05, 4.69) is 40.0 Å². The lowest BCUT2D eigenvalue weighted by atomic mass is 9.98. The van der Waals surface area contributed by atoms with E-state index < -0.39 is 27.5 Å². The zero-order chi connectivity index (χ0) is 29.5. The molecule has 6 rings (SSSR count). The van der Waals surface area contributed by atoms with E-state index >= 15 is 0 Å². The average Bonchev–Trinajstić information content (AvgIpc) is 3.44. The Hall–Kier alpha value is -4.92. The minimum atomic E-state index is -4.61. The van der Waals surface area contributed by atoms with E-state index in [9.17, 15) is 21.6 Å². The van der Waals surface area contributed by atoms with Gasteiger partial charge in [-0.15, -0.1) is 0 Å². The molecule has 0 atom stereocenters. The van der Waals surface area contributed by atoms with Gasteiger partial charge in [0, 0.05) is 54.7 Å². The molecule has 0 fully saturated rings. The van der Waals surface area contributed by atoms with Crippen LogP contribution in [0.3, 0.4) is 0 Å². The van der Waals surface area contributed by atoms with E-state index in [-0.39, 0.29) is 17.0 Å². The van der Waals surface area contributed by atoms with Crippen LogP contribution < -0.4 is 15.7 Å². The van der Waals surface area contributed by atoms with Crippen molar-refractivity contribution in [1.82, 2.24) is 29.5 Å². The number of pyridine rings is 2.